The smallest absolute Gasteiger partial charge is 0.416 e. The predicted molar refractivity (Wildman–Crippen MR) is 122 cm³/mol. The number of hydrogen-bond acceptors (Lipinski definition) is 2. The summed E-state index contributed by atoms with van der Waals surface area (Å²) >= 11 is 0. The van der Waals surface area contributed by atoms with E-state index in [4.69, 9.17) is 4.74 Å². The molecular formula is C27H32F3NO2. The molecule has 1 aliphatic carbocycles. The Bertz CT molecular complexity index is 970. The van der Waals surface area contributed by atoms with E-state index < -0.39 is 17.8 Å². The molecule has 1 aliphatic heterocycles. The lowest BCUT2D eigenvalue weighted by Gasteiger charge is -2.41. The third kappa shape index (κ3) is 5.04. The highest BCUT2D eigenvalue weighted by atomic mass is 19.4. The molecule has 0 spiro atoms. The second-order valence-electron chi connectivity index (χ2n) is 9.91. The van der Waals surface area contributed by atoms with Gasteiger partial charge in [0.05, 0.1) is 11.6 Å². The number of alkyl halides is 3. The molecule has 0 bridgehead atoms. The fourth-order valence-electron chi connectivity index (χ4n) is 5.42. The number of nitrogens with zero attached hydrogens (tertiary/aromatic N) is 1. The van der Waals surface area contributed by atoms with E-state index in [1.54, 1.807) is 4.90 Å². The lowest BCUT2D eigenvalue weighted by Crippen LogP contribution is -2.44. The second kappa shape index (κ2) is 9.40. The summed E-state index contributed by atoms with van der Waals surface area (Å²) in [6.07, 6.45) is -1.18. The quantitative estimate of drug-likeness (QED) is 0.484. The van der Waals surface area contributed by atoms with E-state index >= 15 is 0 Å². The molecule has 4 atom stereocenters. The molecule has 1 unspecified atom stereocenters. The second-order valence-corrected chi connectivity index (χ2v) is 9.91. The maximum atomic E-state index is 13.5. The van der Waals surface area contributed by atoms with Gasteiger partial charge in [-0.3, -0.25) is 4.90 Å². The van der Waals surface area contributed by atoms with Gasteiger partial charge in [0, 0.05) is 6.54 Å². The van der Waals surface area contributed by atoms with Crippen molar-refractivity contribution in [3.63, 3.8) is 0 Å². The fourth-order valence-corrected chi connectivity index (χ4v) is 5.42. The number of amides is 1. The molecule has 178 valence electrons. The summed E-state index contributed by atoms with van der Waals surface area (Å²) in [6.45, 7) is 7.00. The average molecular weight is 460 g/mol. The maximum Gasteiger partial charge on any atom is 0.416 e. The summed E-state index contributed by atoms with van der Waals surface area (Å²) in [5, 5.41) is 0. The first kappa shape index (κ1) is 23.7. The van der Waals surface area contributed by atoms with Crippen LogP contribution in [0.25, 0.3) is 0 Å². The monoisotopic (exact) mass is 459 g/mol. The van der Waals surface area contributed by atoms with Crippen molar-refractivity contribution in [1.29, 1.82) is 0 Å². The van der Waals surface area contributed by atoms with Gasteiger partial charge in [0.1, 0.15) is 6.10 Å². The van der Waals surface area contributed by atoms with Gasteiger partial charge in [-0.15, -0.1) is 0 Å². The SMILES string of the molecule is CC(C)[C@@H]1CC[C@@H](C)C[C@H]1OC(=O)N1CCc2ccccc2C1c1ccc(C(F)(F)F)cc1. The van der Waals surface area contributed by atoms with Crippen molar-refractivity contribution in [3.8, 4) is 0 Å². The minimum atomic E-state index is -4.40. The molecule has 2 aliphatic rings. The molecule has 1 amide bonds. The summed E-state index contributed by atoms with van der Waals surface area (Å²) < 4.78 is 45.5. The van der Waals surface area contributed by atoms with Gasteiger partial charge in [0.25, 0.3) is 0 Å². The number of hydrogen-bond donors (Lipinski definition) is 0. The Balaban J connectivity index is 1.64. The first-order valence-corrected chi connectivity index (χ1v) is 11.9. The summed E-state index contributed by atoms with van der Waals surface area (Å²) in [4.78, 5) is 15.2. The number of carbonyl (C=O) groups excluding carboxylic acids is 1. The zero-order valence-electron chi connectivity index (χ0n) is 19.4. The van der Waals surface area contributed by atoms with Crippen LogP contribution in [-0.2, 0) is 17.3 Å². The Labute approximate surface area is 193 Å². The van der Waals surface area contributed by atoms with Gasteiger partial charge in [-0.25, -0.2) is 4.79 Å². The van der Waals surface area contributed by atoms with Crippen molar-refractivity contribution >= 4 is 6.09 Å². The number of carbonyl (C=O) groups is 1. The van der Waals surface area contributed by atoms with E-state index in [9.17, 15) is 18.0 Å². The van der Waals surface area contributed by atoms with Gasteiger partial charge in [-0.2, -0.15) is 13.2 Å². The molecule has 1 fully saturated rings. The third-order valence-electron chi connectivity index (χ3n) is 7.29. The van der Waals surface area contributed by atoms with E-state index in [2.05, 4.69) is 20.8 Å². The minimum Gasteiger partial charge on any atom is -0.446 e. The number of rotatable bonds is 3. The normalized spacial score (nSPS) is 25.6. The van der Waals surface area contributed by atoms with Gasteiger partial charge in [-0.1, -0.05) is 63.6 Å². The molecule has 1 saturated carbocycles. The average Bonchev–Trinajstić information content (AvgIpc) is 2.77. The fraction of sp³-hybridized carbons (Fsp3) is 0.519. The number of halogens is 3. The molecular weight excluding hydrogens is 427 g/mol. The summed E-state index contributed by atoms with van der Waals surface area (Å²) in [5.74, 6) is 1.25. The Kier molecular flexibility index (Phi) is 6.73. The van der Waals surface area contributed by atoms with Gasteiger partial charge >= 0.3 is 12.3 Å². The van der Waals surface area contributed by atoms with E-state index in [0.717, 1.165) is 42.5 Å². The van der Waals surface area contributed by atoms with Gasteiger partial charge in [0.15, 0.2) is 0 Å². The van der Waals surface area contributed by atoms with Crippen molar-refractivity contribution in [2.75, 3.05) is 6.54 Å². The van der Waals surface area contributed by atoms with E-state index in [1.807, 2.05) is 24.3 Å². The molecule has 33 heavy (non-hydrogen) atoms. The molecule has 0 radical (unpaired) electrons. The lowest BCUT2D eigenvalue weighted by atomic mass is 9.75. The van der Waals surface area contributed by atoms with Gasteiger partial charge < -0.3 is 4.74 Å². The molecule has 0 aromatic heterocycles. The van der Waals surface area contributed by atoms with E-state index in [0.29, 0.717) is 36.3 Å². The Hall–Kier alpha value is -2.50. The largest absolute Gasteiger partial charge is 0.446 e. The topological polar surface area (TPSA) is 29.5 Å². The van der Waals surface area contributed by atoms with Crippen LogP contribution in [0.3, 0.4) is 0 Å². The Morgan fingerprint density at radius 1 is 1.06 bits per heavy atom. The highest BCUT2D eigenvalue weighted by Gasteiger charge is 2.38. The van der Waals surface area contributed by atoms with Crippen LogP contribution in [0.15, 0.2) is 48.5 Å². The number of fused-ring (bicyclic) bond motifs is 1. The van der Waals surface area contributed by atoms with E-state index in [1.165, 1.54) is 12.1 Å². The van der Waals surface area contributed by atoms with Crippen LogP contribution in [0.5, 0.6) is 0 Å². The first-order chi connectivity index (χ1) is 15.6. The van der Waals surface area contributed by atoms with Crippen LogP contribution in [0.1, 0.15) is 68.3 Å². The standard InChI is InChI=1S/C27H32F3NO2/c1-17(2)22-13-8-18(3)16-24(22)33-26(32)31-15-14-19-6-4-5-7-23(19)25(31)20-9-11-21(12-10-20)27(28,29)30/h4-7,9-12,17-18,22,24-25H,8,13-16H2,1-3H3/t18-,22+,24-,25?/m1/s1. The molecule has 2 aromatic carbocycles. The van der Waals surface area contributed by atoms with Crippen molar-refractivity contribution in [3.05, 3.63) is 70.8 Å². The summed E-state index contributed by atoms with van der Waals surface area (Å²) in [6, 6.07) is 12.5. The van der Waals surface area contributed by atoms with Crippen molar-refractivity contribution in [1.82, 2.24) is 4.90 Å². The van der Waals surface area contributed by atoms with Crippen LogP contribution in [0.4, 0.5) is 18.0 Å². The molecule has 0 N–H and O–H groups in total. The molecule has 3 nitrogen and oxygen atoms in total. The Morgan fingerprint density at radius 2 is 1.76 bits per heavy atom. The van der Waals surface area contributed by atoms with Gasteiger partial charge in [-0.05, 0) is 65.8 Å². The third-order valence-corrected chi connectivity index (χ3v) is 7.29. The highest BCUT2D eigenvalue weighted by molar-refractivity contribution is 5.70. The molecule has 0 saturated heterocycles. The minimum absolute atomic E-state index is 0.133. The summed E-state index contributed by atoms with van der Waals surface area (Å²) in [7, 11) is 0. The number of benzene rings is 2. The maximum absolute atomic E-state index is 13.5. The van der Waals surface area contributed by atoms with Crippen molar-refractivity contribution in [2.45, 2.75) is 64.8 Å². The van der Waals surface area contributed by atoms with Crippen molar-refractivity contribution in [2.24, 2.45) is 17.8 Å². The molecule has 2 aromatic rings. The Morgan fingerprint density at radius 3 is 2.42 bits per heavy atom. The predicted octanol–water partition coefficient (Wildman–Crippen LogP) is 7.25. The van der Waals surface area contributed by atoms with Crippen LogP contribution in [0, 0.1) is 17.8 Å². The molecule has 1 heterocycles. The lowest BCUT2D eigenvalue weighted by molar-refractivity contribution is -0.137. The van der Waals surface area contributed by atoms with Crippen LogP contribution in [-0.4, -0.2) is 23.6 Å². The van der Waals surface area contributed by atoms with Crippen LogP contribution < -0.4 is 0 Å². The summed E-state index contributed by atoms with van der Waals surface area (Å²) in [5.41, 5.74) is 2.01. The first-order valence-electron chi connectivity index (χ1n) is 11.9. The highest BCUT2D eigenvalue weighted by Crippen LogP contribution is 2.39. The van der Waals surface area contributed by atoms with Gasteiger partial charge in [0.2, 0.25) is 0 Å². The number of ether oxygens (including phenoxy) is 1. The van der Waals surface area contributed by atoms with E-state index in [-0.39, 0.29) is 12.2 Å². The van der Waals surface area contributed by atoms with Crippen LogP contribution >= 0.6 is 0 Å². The van der Waals surface area contributed by atoms with Crippen LogP contribution in [0.2, 0.25) is 0 Å². The zero-order valence-corrected chi connectivity index (χ0v) is 19.4. The molecule has 4 rings (SSSR count). The van der Waals surface area contributed by atoms with Crippen molar-refractivity contribution < 1.29 is 22.7 Å². The molecule has 6 heteroatoms. The zero-order chi connectivity index (χ0) is 23.8.